The Labute approximate surface area is 95.7 Å². The molecular formula is C6H11BrN4O3S. The number of rotatable bonds is 4. The molecule has 0 aliphatic heterocycles. The number of hydrogen-bond acceptors (Lipinski definition) is 5. The molecule has 0 aromatic carbocycles. The summed E-state index contributed by atoms with van der Waals surface area (Å²) in [5, 5.41) is 16.0. The van der Waals surface area contributed by atoms with Crippen LogP contribution in [0.3, 0.4) is 0 Å². The first-order chi connectivity index (χ1) is 6.84. The van der Waals surface area contributed by atoms with Crippen molar-refractivity contribution < 1.29 is 13.5 Å². The van der Waals surface area contributed by atoms with Gasteiger partial charge in [0, 0.05) is 13.6 Å². The molecule has 1 rings (SSSR count). The van der Waals surface area contributed by atoms with Crippen molar-refractivity contribution in [3.05, 3.63) is 4.60 Å². The lowest BCUT2D eigenvalue weighted by Crippen LogP contribution is -2.32. The van der Waals surface area contributed by atoms with Gasteiger partial charge in [-0.3, -0.25) is 0 Å². The lowest BCUT2D eigenvalue weighted by Gasteiger charge is -2.07. The number of aromatic nitrogens is 3. The SMILES string of the molecule is CC(O)CNS(=O)(=O)c1c(Br)nnn1C. The van der Waals surface area contributed by atoms with Gasteiger partial charge in [-0.1, -0.05) is 5.21 Å². The molecule has 1 aromatic heterocycles. The summed E-state index contributed by atoms with van der Waals surface area (Å²) in [4.78, 5) is 0. The zero-order chi connectivity index (χ0) is 11.6. The molecule has 7 nitrogen and oxygen atoms in total. The van der Waals surface area contributed by atoms with Crippen LogP contribution in [0.25, 0.3) is 0 Å². The number of aliphatic hydroxyl groups excluding tert-OH is 1. The third kappa shape index (κ3) is 2.97. The van der Waals surface area contributed by atoms with E-state index in [9.17, 15) is 8.42 Å². The van der Waals surface area contributed by atoms with Crippen LogP contribution in [0.4, 0.5) is 0 Å². The predicted octanol–water partition coefficient (Wildman–Crippen LogP) is -0.763. The highest BCUT2D eigenvalue weighted by Gasteiger charge is 2.23. The molecule has 15 heavy (non-hydrogen) atoms. The van der Waals surface area contributed by atoms with Gasteiger partial charge in [0.05, 0.1) is 6.10 Å². The van der Waals surface area contributed by atoms with Gasteiger partial charge in [-0.05, 0) is 22.9 Å². The van der Waals surface area contributed by atoms with Gasteiger partial charge in [-0.2, -0.15) is 0 Å². The van der Waals surface area contributed by atoms with E-state index < -0.39 is 16.1 Å². The molecule has 9 heteroatoms. The highest BCUT2D eigenvalue weighted by Crippen LogP contribution is 2.17. The molecule has 0 saturated heterocycles. The minimum atomic E-state index is -3.69. The van der Waals surface area contributed by atoms with Crippen LogP contribution in [0, 0.1) is 0 Å². The van der Waals surface area contributed by atoms with E-state index >= 15 is 0 Å². The molecule has 0 saturated carbocycles. The normalized spacial score (nSPS) is 14.1. The summed E-state index contributed by atoms with van der Waals surface area (Å²) in [5.74, 6) is 0. The van der Waals surface area contributed by atoms with Crippen molar-refractivity contribution in [3.8, 4) is 0 Å². The van der Waals surface area contributed by atoms with Crippen LogP contribution in [0.15, 0.2) is 9.63 Å². The van der Waals surface area contributed by atoms with Crippen molar-refractivity contribution in [1.29, 1.82) is 0 Å². The van der Waals surface area contributed by atoms with E-state index in [0.717, 1.165) is 4.68 Å². The maximum Gasteiger partial charge on any atom is 0.260 e. The van der Waals surface area contributed by atoms with E-state index in [2.05, 4.69) is 31.0 Å². The first-order valence-electron chi connectivity index (χ1n) is 4.07. The Morgan fingerprint density at radius 3 is 2.67 bits per heavy atom. The van der Waals surface area contributed by atoms with Gasteiger partial charge in [0.1, 0.15) is 0 Å². The van der Waals surface area contributed by atoms with Crippen LogP contribution in [0.2, 0.25) is 0 Å². The zero-order valence-electron chi connectivity index (χ0n) is 8.18. The van der Waals surface area contributed by atoms with Crippen LogP contribution in [-0.2, 0) is 17.1 Å². The van der Waals surface area contributed by atoms with E-state index in [1.54, 1.807) is 0 Å². The van der Waals surface area contributed by atoms with Gasteiger partial charge < -0.3 is 5.11 Å². The molecule has 0 aliphatic carbocycles. The molecule has 0 fully saturated rings. The number of aryl methyl sites for hydroxylation is 1. The van der Waals surface area contributed by atoms with Crippen molar-refractivity contribution in [1.82, 2.24) is 19.7 Å². The standard InChI is InChI=1S/C6H11BrN4O3S/c1-4(12)3-8-15(13,14)6-5(7)9-10-11(6)2/h4,8,12H,3H2,1-2H3. The molecule has 0 radical (unpaired) electrons. The van der Waals surface area contributed by atoms with E-state index in [1.807, 2.05) is 0 Å². The Morgan fingerprint density at radius 1 is 1.67 bits per heavy atom. The van der Waals surface area contributed by atoms with Crippen molar-refractivity contribution in [2.45, 2.75) is 18.1 Å². The molecule has 0 amide bonds. The van der Waals surface area contributed by atoms with Gasteiger partial charge in [0.2, 0.25) is 5.03 Å². The second-order valence-corrected chi connectivity index (χ2v) is 5.44. The number of nitrogens with zero attached hydrogens (tertiary/aromatic N) is 3. The molecule has 0 spiro atoms. The first-order valence-corrected chi connectivity index (χ1v) is 6.35. The summed E-state index contributed by atoms with van der Waals surface area (Å²) in [7, 11) is -2.23. The predicted molar refractivity (Wildman–Crippen MR) is 55.6 cm³/mol. The molecular weight excluding hydrogens is 288 g/mol. The molecule has 0 aliphatic rings. The second kappa shape index (κ2) is 4.56. The smallest absolute Gasteiger partial charge is 0.260 e. The fourth-order valence-corrected chi connectivity index (χ4v) is 3.12. The van der Waals surface area contributed by atoms with Gasteiger partial charge >= 0.3 is 0 Å². The van der Waals surface area contributed by atoms with E-state index in [-0.39, 0.29) is 16.2 Å². The number of halogens is 1. The fraction of sp³-hybridized carbons (Fsp3) is 0.667. The lowest BCUT2D eigenvalue weighted by molar-refractivity contribution is 0.198. The quantitative estimate of drug-likeness (QED) is 0.761. The zero-order valence-corrected chi connectivity index (χ0v) is 10.6. The number of aliphatic hydroxyl groups is 1. The lowest BCUT2D eigenvalue weighted by atomic mass is 10.4. The summed E-state index contributed by atoms with van der Waals surface area (Å²) < 4.78 is 26.9. The van der Waals surface area contributed by atoms with E-state index in [4.69, 9.17) is 5.11 Å². The summed E-state index contributed by atoms with van der Waals surface area (Å²) >= 11 is 2.98. The van der Waals surface area contributed by atoms with E-state index in [1.165, 1.54) is 14.0 Å². The maximum absolute atomic E-state index is 11.7. The number of nitrogens with one attached hydrogen (secondary N) is 1. The third-order valence-corrected chi connectivity index (χ3v) is 3.87. The van der Waals surface area contributed by atoms with Gasteiger partial charge in [-0.25, -0.2) is 17.8 Å². The van der Waals surface area contributed by atoms with Gasteiger partial charge in [0.25, 0.3) is 10.0 Å². The van der Waals surface area contributed by atoms with Crippen molar-refractivity contribution in [3.63, 3.8) is 0 Å². The highest BCUT2D eigenvalue weighted by atomic mass is 79.9. The largest absolute Gasteiger partial charge is 0.392 e. The van der Waals surface area contributed by atoms with Crippen LogP contribution in [0.1, 0.15) is 6.92 Å². The monoisotopic (exact) mass is 298 g/mol. The second-order valence-electron chi connectivity index (χ2n) is 3.01. The summed E-state index contributed by atoms with van der Waals surface area (Å²) in [6, 6.07) is 0. The minimum absolute atomic E-state index is 0.0556. The van der Waals surface area contributed by atoms with Crippen molar-refractivity contribution >= 4 is 26.0 Å². The Bertz CT molecular complexity index is 422. The molecule has 2 N–H and O–H groups in total. The van der Waals surface area contributed by atoms with Crippen LogP contribution < -0.4 is 4.72 Å². The number of hydrogen-bond donors (Lipinski definition) is 2. The molecule has 1 aromatic rings. The first kappa shape index (κ1) is 12.6. The molecule has 0 bridgehead atoms. The third-order valence-electron chi connectivity index (χ3n) is 1.56. The average molecular weight is 299 g/mol. The molecule has 86 valence electrons. The summed E-state index contributed by atoms with van der Waals surface area (Å²) in [5.41, 5.74) is 0. The minimum Gasteiger partial charge on any atom is -0.392 e. The maximum atomic E-state index is 11.7. The van der Waals surface area contributed by atoms with E-state index in [0.29, 0.717) is 0 Å². The Kier molecular flexibility index (Phi) is 3.82. The molecule has 1 atom stereocenters. The van der Waals surface area contributed by atoms with Crippen molar-refractivity contribution in [2.75, 3.05) is 6.54 Å². The van der Waals surface area contributed by atoms with Crippen LogP contribution in [0.5, 0.6) is 0 Å². The van der Waals surface area contributed by atoms with Gasteiger partial charge in [0.15, 0.2) is 4.60 Å². The highest BCUT2D eigenvalue weighted by molar-refractivity contribution is 9.10. The molecule has 1 unspecified atom stereocenters. The van der Waals surface area contributed by atoms with Crippen LogP contribution in [-0.4, -0.2) is 41.2 Å². The summed E-state index contributed by atoms with van der Waals surface area (Å²) in [6.07, 6.45) is -0.750. The van der Waals surface area contributed by atoms with Gasteiger partial charge in [-0.15, -0.1) is 5.10 Å². The molecule has 1 heterocycles. The Morgan fingerprint density at radius 2 is 2.27 bits per heavy atom. The summed E-state index contributed by atoms with van der Waals surface area (Å²) in [6.45, 7) is 1.43. The van der Waals surface area contributed by atoms with Crippen LogP contribution >= 0.6 is 15.9 Å². The topological polar surface area (TPSA) is 97.1 Å². The van der Waals surface area contributed by atoms with Crippen molar-refractivity contribution in [2.24, 2.45) is 7.05 Å². The average Bonchev–Trinajstić information content (AvgIpc) is 2.43. The Hall–Kier alpha value is -0.510. The fourth-order valence-electron chi connectivity index (χ4n) is 0.907. The Balaban J connectivity index is 2.96. The number of sulfonamides is 1.